The predicted molar refractivity (Wildman–Crippen MR) is 81.4 cm³/mol. The van der Waals surface area contributed by atoms with Gasteiger partial charge in [0.2, 0.25) is 5.91 Å². The van der Waals surface area contributed by atoms with E-state index >= 15 is 0 Å². The van der Waals surface area contributed by atoms with Gasteiger partial charge in [0.15, 0.2) is 5.82 Å². The molecule has 0 fully saturated rings. The van der Waals surface area contributed by atoms with Crippen LogP contribution >= 0.6 is 0 Å². The Balaban J connectivity index is 1.77. The fourth-order valence-corrected chi connectivity index (χ4v) is 3.15. The van der Waals surface area contributed by atoms with Gasteiger partial charge in [0.1, 0.15) is 17.3 Å². The second-order valence-corrected chi connectivity index (χ2v) is 5.89. The van der Waals surface area contributed by atoms with E-state index in [0.717, 1.165) is 41.7 Å². The predicted octanol–water partition coefficient (Wildman–Crippen LogP) is 2.20. The monoisotopic (exact) mass is 302 g/mol. The summed E-state index contributed by atoms with van der Waals surface area (Å²) in [6.45, 7) is 9.84. The van der Waals surface area contributed by atoms with Gasteiger partial charge in [-0.1, -0.05) is 6.92 Å². The Morgan fingerprint density at radius 1 is 1.36 bits per heavy atom. The first-order valence-corrected chi connectivity index (χ1v) is 7.78. The molecule has 118 valence electrons. The number of hydrogen-bond acceptors (Lipinski definition) is 4. The maximum Gasteiger partial charge on any atom is 0.230 e. The van der Waals surface area contributed by atoms with Crippen molar-refractivity contribution in [2.24, 2.45) is 0 Å². The fourth-order valence-electron chi connectivity index (χ4n) is 3.15. The van der Waals surface area contributed by atoms with E-state index in [4.69, 9.17) is 4.42 Å². The summed E-state index contributed by atoms with van der Waals surface area (Å²) in [5.74, 6) is 3.47. The van der Waals surface area contributed by atoms with Crippen molar-refractivity contribution in [3.63, 3.8) is 0 Å². The molecule has 6 heteroatoms. The minimum Gasteiger partial charge on any atom is -0.466 e. The molecule has 3 rings (SSSR count). The molecule has 0 unspecified atom stereocenters. The molecule has 22 heavy (non-hydrogen) atoms. The average Bonchev–Trinajstić information content (AvgIpc) is 3.07. The molecular weight excluding hydrogens is 280 g/mol. The first kappa shape index (κ1) is 14.8. The molecule has 0 bridgehead atoms. The molecule has 1 atom stereocenters. The summed E-state index contributed by atoms with van der Waals surface area (Å²) < 4.78 is 7.68. The van der Waals surface area contributed by atoms with Crippen molar-refractivity contribution >= 4 is 5.91 Å². The standard InChI is InChI=1S/C16H22N4O2/c1-5-14-17-18-15-9-19(6-7-20(14)15)16(21)11(3)13-8-10(2)22-12(13)4/h8,11H,5-7,9H2,1-4H3/t11-/m0/s1. The summed E-state index contributed by atoms with van der Waals surface area (Å²) in [6.07, 6.45) is 0.866. The van der Waals surface area contributed by atoms with Crippen LogP contribution in [0.3, 0.4) is 0 Å². The van der Waals surface area contributed by atoms with Crippen molar-refractivity contribution in [2.45, 2.75) is 53.1 Å². The SMILES string of the molecule is CCc1nnc2n1CCN(C(=O)[C@@H](C)c1cc(C)oc1C)C2. The van der Waals surface area contributed by atoms with E-state index in [-0.39, 0.29) is 11.8 Å². The molecular formula is C16H22N4O2. The maximum atomic E-state index is 12.8. The Hall–Kier alpha value is -2.11. The number of furan rings is 1. The van der Waals surface area contributed by atoms with E-state index in [1.807, 2.05) is 31.7 Å². The van der Waals surface area contributed by atoms with Crippen molar-refractivity contribution in [1.82, 2.24) is 19.7 Å². The van der Waals surface area contributed by atoms with Crippen LogP contribution in [0.25, 0.3) is 0 Å². The summed E-state index contributed by atoms with van der Waals surface area (Å²) in [7, 11) is 0. The van der Waals surface area contributed by atoms with Gasteiger partial charge in [-0.3, -0.25) is 4.79 Å². The molecule has 6 nitrogen and oxygen atoms in total. The van der Waals surface area contributed by atoms with Crippen LogP contribution in [0, 0.1) is 13.8 Å². The van der Waals surface area contributed by atoms with Crippen LogP contribution in [0.1, 0.15) is 48.5 Å². The molecule has 0 saturated heterocycles. The van der Waals surface area contributed by atoms with Gasteiger partial charge in [-0.2, -0.15) is 0 Å². The van der Waals surface area contributed by atoms with Gasteiger partial charge >= 0.3 is 0 Å². The van der Waals surface area contributed by atoms with Gasteiger partial charge in [-0.15, -0.1) is 10.2 Å². The normalized spacial score (nSPS) is 15.7. The van der Waals surface area contributed by atoms with E-state index in [9.17, 15) is 4.79 Å². The summed E-state index contributed by atoms with van der Waals surface area (Å²) in [4.78, 5) is 14.6. The van der Waals surface area contributed by atoms with E-state index in [1.165, 1.54) is 0 Å². The van der Waals surface area contributed by atoms with E-state index < -0.39 is 0 Å². The number of rotatable bonds is 3. The van der Waals surface area contributed by atoms with Crippen LogP contribution in [-0.2, 0) is 24.3 Å². The van der Waals surface area contributed by atoms with Crippen LogP contribution in [0.15, 0.2) is 10.5 Å². The lowest BCUT2D eigenvalue weighted by molar-refractivity contribution is -0.134. The number of carbonyl (C=O) groups is 1. The van der Waals surface area contributed by atoms with Crippen LogP contribution in [0.2, 0.25) is 0 Å². The topological polar surface area (TPSA) is 64.2 Å². The molecule has 2 aromatic heterocycles. The van der Waals surface area contributed by atoms with E-state index in [1.54, 1.807) is 0 Å². The third-order valence-electron chi connectivity index (χ3n) is 4.37. The third-order valence-corrected chi connectivity index (χ3v) is 4.37. The first-order valence-electron chi connectivity index (χ1n) is 7.78. The van der Waals surface area contributed by atoms with Crippen molar-refractivity contribution in [3.8, 4) is 0 Å². The molecule has 1 aliphatic heterocycles. The Kier molecular flexibility index (Phi) is 3.76. The molecule has 0 spiro atoms. The fraction of sp³-hybridized carbons (Fsp3) is 0.562. The lowest BCUT2D eigenvalue weighted by atomic mass is 9.99. The molecule has 0 aliphatic carbocycles. The number of hydrogen-bond donors (Lipinski definition) is 0. The molecule has 0 N–H and O–H groups in total. The van der Waals surface area contributed by atoms with Gasteiger partial charge in [0, 0.05) is 25.1 Å². The highest BCUT2D eigenvalue weighted by molar-refractivity contribution is 5.83. The number of nitrogens with zero attached hydrogens (tertiary/aromatic N) is 4. The number of aromatic nitrogens is 3. The largest absolute Gasteiger partial charge is 0.466 e. The van der Waals surface area contributed by atoms with Crippen molar-refractivity contribution in [2.75, 3.05) is 6.54 Å². The number of aryl methyl sites for hydroxylation is 3. The van der Waals surface area contributed by atoms with Crippen LogP contribution in [0.5, 0.6) is 0 Å². The van der Waals surface area contributed by atoms with Crippen molar-refractivity contribution in [1.29, 1.82) is 0 Å². The molecule has 0 saturated carbocycles. The molecule has 1 amide bonds. The van der Waals surface area contributed by atoms with Crippen LogP contribution in [0.4, 0.5) is 0 Å². The smallest absolute Gasteiger partial charge is 0.230 e. The Morgan fingerprint density at radius 2 is 2.14 bits per heavy atom. The van der Waals surface area contributed by atoms with Crippen molar-refractivity contribution in [3.05, 3.63) is 34.8 Å². The first-order chi connectivity index (χ1) is 10.5. The summed E-state index contributed by atoms with van der Waals surface area (Å²) in [5, 5.41) is 8.41. The Morgan fingerprint density at radius 3 is 2.77 bits per heavy atom. The second kappa shape index (κ2) is 5.59. The summed E-state index contributed by atoms with van der Waals surface area (Å²) >= 11 is 0. The van der Waals surface area contributed by atoms with Gasteiger partial charge in [-0.25, -0.2) is 0 Å². The third kappa shape index (κ3) is 2.42. The lowest BCUT2D eigenvalue weighted by Gasteiger charge is -2.30. The van der Waals surface area contributed by atoms with Gasteiger partial charge in [-0.05, 0) is 26.8 Å². The van der Waals surface area contributed by atoms with Crippen LogP contribution < -0.4 is 0 Å². The quantitative estimate of drug-likeness (QED) is 0.872. The van der Waals surface area contributed by atoms with Gasteiger partial charge in [0.05, 0.1) is 12.5 Å². The maximum absolute atomic E-state index is 12.8. The zero-order valence-electron chi connectivity index (χ0n) is 13.6. The number of fused-ring (bicyclic) bond motifs is 1. The minimum absolute atomic E-state index is 0.121. The molecule has 1 aliphatic rings. The van der Waals surface area contributed by atoms with E-state index in [0.29, 0.717) is 13.1 Å². The van der Waals surface area contributed by atoms with Gasteiger partial charge < -0.3 is 13.9 Å². The Bertz CT molecular complexity index is 701. The molecule has 3 heterocycles. The van der Waals surface area contributed by atoms with Crippen molar-refractivity contribution < 1.29 is 9.21 Å². The second-order valence-electron chi connectivity index (χ2n) is 5.89. The highest BCUT2D eigenvalue weighted by atomic mass is 16.3. The highest BCUT2D eigenvalue weighted by Crippen LogP contribution is 2.26. The molecule has 0 radical (unpaired) electrons. The minimum atomic E-state index is -0.197. The molecule has 2 aromatic rings. The summed E-state index contributed by atoms with van der Waals surface area (Å²) in [5.41, 5.74) is 0.976. The van der Waals surface area contributed by atoms with Crippen LogP contribution in [-0.4, -0.2) is 32.1 Å². The lowest BCUT2D eigenvalue weighted by Crippen LogP contribution is -2.40. The average molecular weight is 302 g/mol. The number of amides is 1. The molecule has 0 aromatic carbocycles. The Labute approximate surface area is 130 Å². The summed E-state index contributed by atoms with van der Waals surface area (Å²) in [6, 6.07) is 1.96. The van der Waals surface area contributed by atoms with Gasteiger partial charge in [0.25, 0.3) is 0 Å². The highest BCUT2D eigenvalue weighted by Gasteiger charge is 2.29. The zero-order chi connectivity index (χ0) is 15.9. The van der Waals surface area contributed by atoms with E-state index in [2.05, 4.69) is 21.7 Å². The zero-order valence-corrected chi connectivity index (χ0v) is 13.6. The number of carbonyl (C=O) groups excluding carboxylic acids is 1.